The van der Waals surface area contributed by atoms with E-state index in [1.807, 2.05) is 0 Å². The third kappa shape index (κ3) is 3.55. The van der Waals surface area contributed by atoms with E-state index in [-0.39, 0.29) is 4.21 Å². The van der Waals surface area contributed by atoms with Gasteiger partial charge in [-0.1, -0.05) is 6.07 Å². The Hall–Kier alpha value is -1.86. The summed E-state index contributed by atoms with van der Waals surface area (Å²) in [6.07, 6.45) is 0. The molecule has 0 saturated heterocycles. The molecule has 19 heavy (non-hydrogen) atoms. The number of hydrogen-bond acceptors (Lipinski definition) is 5. The van der Waals surface area contributed by atoms with Crippen LogP contribution in [0.25, 0.3) is 0 Å². The maximum Gasteiger partial charge on any atom is 0.239 e. The van der Waals surface area contributed by atoms with Crippen molar-refractivity contribution in [2.45, 2.75) is 4.21 Å². The van der Waals surface area contributed by atoms with E-state index in [0.29, 0.717) is 11.4 Å². The van der Waals surface area contributed by atoms with E-state index in [1.54, 1.807) is 35.7 Å². The number of nitrogens with two attached hydrogens (primary N) is 1. The normalized spacial score (nSPS) is 11.2. The van der Waals surface area contributed by atoms with Crippen molar-refractivity contribution in [1.29, 1.82) is 0 Å². The first-order valence-corrected chi connectivity index (χ1v) is 7.92. The van der Waals surface area contributed by atoms with E-state index in [4.69, 9.17) is 5.73 Å². The number of carbonyl (C=O) groups excluding carboxylic acids is 1. The molecule has 0 aliphatic carbocycles. The molecular weight excluding hydrogens is 284 g/mol. The van der Waals surface area contributed by atoms with Crippen LogP contribution in [-0.4, -0.2) is 20.1 Å². The molecule has 0 aliphatic heterocycles. The molecule has 1 amide bonds. The Labute approximate surface area is 115 Å². The van der Waals surface area contributed by atoms with Crippen molar-refractivity contribution in [2.75, 3.05) is 16.8 Å². The first kappa shape index (κ1) is 13.6. The molecule has 3 N–H and O–H groups in total. The van der Waals surface area contributed by atoms with Crippen LogP contribution in [0.4, 0.5) is 11.4 Å². The summed E-state index contributed by atoms with van der Waals surface area (Å²) >= 11 is 1.10. The van der Waals surface area contributed by atoms with Gasteiger partial charge in [0.25, 0.3) is 0 Å². The topological polar surface area (TPSA) is 89.3 Å². The van der Waals surface area contributed by atoms with Crippen LogP contribution in [0.1, 0.15) is 0 Å². The Bertz CT molecular complexity index is 662. The van der Waals surface area contributed by atoms with Crippen LogP contribution < -0.4 is 11.1 Å². The highest BCUT2D eigenvalue weighted by molar-refractivity contribution is 7.94. The zero-order valence-electron chi connectivity index (χ0n) is 9.87. The van der Waals surface area contributed by atoms with Crippen molar-refractivity contribution in [1.82, 2.24) is 0 Å². The van der Waals surface area contributed by atoms with Crippen molar-refractivity contribution in [3.05, 3.63) is 41.8 Å². The zero-order valence-corrected chi connectivity index (χ0v) is 11.5. The van der Waals surface area contributed by atoms with Gasteiger partial charge in [-0.05, 0) is 35.7 Å². The summed E-state index contributed by atoms with van der Waals surface area (Å²) < 4.78 is 23.9. The Morgan fingerprint density at radius 2 is 1.89 bits per heavy atom. The number of nitrogen functional groups attached to an aromatic ring is 1. The smallest absolute Gasteiger partial charge is 0.239 e. The lowest BCUT2D eigenvalue weighted by Crippen LogP contribution is -2.22. The van der Waals surface area contributed by atoms with E-state index in [1.165, 1.54) is 6.07 Å². The molecule has 1 aromatic carbocycles. The SMILES string of the molecule is Nc1ccc(NC(=O)CS(=O)(=O)c2cccs2)cc1. The Kier molecular flexibility index (Phi) is 3.87. The lowest BCUT2D eigenvalue weighted by molar-refractivity contribution is -0.113. The van der Waals surface area contributed by atoms with Crippen LogP contribution in [0, 0.1) is 0 Å². The number of amides is 1. The molecule has 1 heterocycles. The van der Waals surface area contributed by atoms with Gasteiger partial charge in [-0.2, -0.15) is 0 Å². The van der Waals surface area contributed by atoms with Gasteiger partial charge in [-0.25, -0.2) is 8.42 Å². The number of benzene rings is 1. The fourth-order valence-electron chi connectivity index (χ4n) is 1.45. The summed E-state index contributed by atoms with van der Waals surface area (Å²) in [5, 5.41) is 4.18. The molecule has 7 heteroatoms. The molecule has 0 bridgehead atoms. The Balaban J connectivity index is 2.04. The maximum atomic E-state index is 11.9. The van der Waals surface area contributed by atoms with Gasteiger partial charge in [0.05, 0.1) is 0 Å². The summed E-state index contributed by atoms with van der Waals surface area (Å²) in [7, 11) is -3.56. The summed E-state index contributed by atoms with van der Waals surface area (Å²) in [4.78, 5) is 11.7. The molecule has 100 valence electrons. The summed E-state index contributed by atoms with van der Waals surface area (Å²) in [5.41, 5.74) is 6.60. The lowest BCUT2D eigenvalue weighted by Gasteiger charge is -2.05. The van der Waals surface area contributed by atoms with E-state index in [2.05, 4.69) is 5.32 Å². The van der Waals surface area contributed by atoms with Gasteiger partial charge in [-0.3, -0.25) is 4.79 Å². The summed E-state index contributed by atoms with van der Waals surface area (Å²) in [6.45, 7) is 0. The van der Waals surface area contributed by atoms with Crippen LogP contribution >= 0.6 is 11.3 Å². The van der Waals surface area contributed by atoms with Gasteiger partial charge >= 0.3 is 0 Å². The predicted octanol–water partition coefficient (Wildman–Crippen LogP) is 1.74. The quantitative estimate of drug-likeness (QED) is 0.841. The molecule has 0 radical (unpaired) electrons. The molecule has 0 fully saturated rings. The highest BCUT2D eigenvalue weighted by Gasteiger charge is 2.20. The fourth-order valence-corrected chi connectivity index (χ4v) is 3.67. The van der Waals surface area contributed by atoms with Gasteiger partial charge in [0.2, 0.25) is 5.91 Å². The fraction of sp³-hybridized carbons (Fsp3) is 0.0833. The molecule has 0 saturated carbocycles. The highest BCUT2D eigenvalue weighted by Crippen LogP contribution is 2.18. The number of rotatable bonds is 4. The van der Waals surface area contributed by atoms with Gasteiger partial charge in [0.15, 0.2) is 9.84 Å². The van der Waals surface area contributed by atoms with E-state index >= 15 is 0 Å². The molecule has 0 aliphatic rings. The second-order valence-corrected chi connectivity index (χ2v) is 7.03. The highest BCUT2D eigenvalue weighted by atomic mass is 32.2. The maximum absolute atomic E-state index is 11.9. The molecule has 0 unspecified atom stereocenters. The third-order valence-electron chi connectivity index (χ3n) is 2.32. The Morgan fingerprint density at radius 1 is 1.21 bits per heavy atom. The predicted molar refractivity (Wildman–Crippen MR) is 75.9 cm³/mol. The van der Waals surface area contributed by atoms with Crippen molar-refractivity contribution in [3.63, 3.8) is 0 Å². The standard InChI is InChI=1S/C12H12N2O3S2/c13-9-3-5-10(6-4-9)14-11(15)8-19(16,17)12-2-1-7-18-12/h1-7H,8,13H2,(H,14,15). The number of carbonyl (C=O) groups is 1. The third-order valence-corrected chi connectivity index (χ3v) is 5.42. The average Bonchev–Trinajstić information content (AvgIpc) is 2.85. The van der Waals surface area contributed by atoms with E-state index < -0.39 is 21.5 Å². The first-order valence-electron chi connectivity index (χ1n) is 5.39. The number of nitrogens with one attached hydrogen (secondary N) is 1. The molecule has 2 aromatic rings. The lowest BCUT2D eigenvalue weighted by atomic mass is 10.3. The second-order valence-electron chi connectivity index (χ2n) is 3.86. The van der Waals surface area contributed by atoms with Crippen LogP contribution in [0.2, 0.25) is 0 Å². The van der Waals surface area contributed by atoms with Gasteiger partial charge in [-0.15, -0.1) is 11.3 Å². The minimum Gasteiger partial charge on any atom is -0.399 e. The number of hydrogen-bond donors (Lipinski definition) is 2. The zero-order chi connectivity index (χ0) is 13.9. The van der Waals surface area contributed by atoms with Crippen molar-refractivity contribution in [3.8, 4) is 0 Å². The second kappa shape index (κ2) is 5.41. The van der Waals surface area contributed by atoms with E-state index in [0.717, 1.165) is 11.3 Å². The average molecular weight is 296 g/mol. The molecule has 0 atom stereocenters. The van der Waals surface area contributed by atoms with Crippen molar-refractivity contribution >= 4 is 38.5 Å². The molecular formula is C12H12N2O3S2. The first-order chi connectivity index (χ1) is 8.97. The van der Waals surface area contributed by atoms with Crippen molar-refractivity contribution < 1.29 is 13.2 Å². The number of sulfone groups is 1. The summed E-state index contributed by atoms with van der Waals surface area (Å²) in [5.74, 6) is -1.14. The number of anilines is 2. The van der Waals surface area contributed by atoms with Gasteiger partial charge < -0.3 is 11.1 Å². The van der Waals surface area contributed by atoms with E-state index in [9.17, 15) is 13.2 Å². The molecule has 2 rings (SSSR count). The monoisotopic (exact) mass is 296 g/mol. The van der Waals surface area contributed by atoms with Crippen LogP contribution in [0.3, 0.4) is 0 Å². The number of thiophene rings is 1. The minimum absolute atomic E-state index is 0.194. The molecule has 5 nitrogen and oxygen atoms in total. The largest absolute Gasteiger partial charge is 0.399 e. The van der Waals surface area contributed by atoms with Crippen LogP contribution in [0.15, 0.2) is 46.0 Å². The van der Waals surface area contributed by atoms with Gasteiger partial charge in [0, 0.05) is 11.4 Å². The van der Waals surface area contributed by atoms with Gasteiger partial charge in [0.1, 0.15) is 9.96 Å². The molecule has 0 spiro atoms. The summed E-state index contributed by atoms with van der Waals surface area (Å²) in [6, 6.07) is 9.61. The Morgan fingerprint density at radius 3 is 2.47 bits per heavy atom. The van der Waals surface area contributed by atoms with Crippen LogP contribution in [0.5, 0.6) is 0 Å². The van der Waals surface area contributed by atoms with Crippen LogP contribution in [-0.2, 0) is 14.6 Å². The molecule has 1 aromatic heterocycles. The minimum atomic E-state index is -3.56. The van der Waals surface area contributed by atoms with Crippen molar-refractivity contribution in [2.24, 2.45) is 0 Å².